The van der Waals surface area contributed by atoms with Crippen LogP contribution in [0.2, 0.25) is 0 Å². The number of nitrogens with zero attached hydrogens (tertiary/aromatic N) is 1. The second-order valence-corrected chi connectivity index (χ2v) is 6.96. The van der Waals surface area contributed by atoms with Gasteiger partial charge >= 0.3 is 0 Å². The second kappa shape index (κ2) is 8.35. The molecule has 0 atom stereocenters. The first-order chi connectivity index (χ1) is 11.8. The van der Waals surface area contributed by atoms with Crippen molar-refractivity contribution in [3.05, 3.63) is 49.9 Å². The number of hydrogen-bond acceptors (Lipinski definition) is 5. The van der Waals surface area contributed by atoms with Gasteiger partial charge in [0, 0.05) is 5.56 Å². The average Bonchev–Trinajstić information content (AvgIpc) is 2.56. The number of rotatable bonds is 5. The summed E-state index contributed by atoms with van der Waals surface area (Å²) in [5.41, 5.74) is 4.69. The van der Waals surface area contributed by atoms with E-state index in [1.165, 1.54) is 12.3 Å². The van der Waals surface area contributed by atoms with Crippen molar-refractivity contribution in [2.24, 2.45) is 5.10 Å². The Balaban J connectivity index is 1.95. The zero-order valence-electron chi connectivity index (χ0n) is 13.5. The van der Waals surface area contributed by atoms with Gasteiger partial charge in [-0.05, 0) is 63.4 Å². The van der Waals surface area contributed by atoms with E-state index in [9.17, 15) is 15.0 Å². The molecular formula is C17H16Br2N2O4. The third-order valence-corrected chi connectivity index (χ3v) is 4.64. The largest absolute Gasteiger partial charge is 0.506 e. The minimum absolute atomic E-state index is 0.124. The van der Waals surface area contributed by atoms with Crippen molar-refractivity contribution >= 4 is 44.0 Å². The molecule has 0 aliphatic heterocycles. The molecule has 0 saturated heterocycles. The molecule has 0 bridgehead atoms. The molecule has 25 heavy (non-hydrogen) atoms. The second-order valence-electron chi connectivity index (χ2n) is 5.31. The topological polar surface area (TPSA) is 91.2 Å². The minimum atomic E-state index is -0.437. The highest BCUT2D eigenvalue weighted by atomic mass is 79.9. The zero-order chi connectivity index (χ0) is 18.6. The monoisotopic (exact) mass is 470 g/mol. The van der Waals surface area contributed by atoms with Crippen LogP contribution in [0.4, 0.5) is 0 Å². The quantitative estimate of drug-likeness (QED) is 0.457. The molecule has 8 heteroatoms. The fourth-order valence-corrected chi connectivity index (χ4v) is 3.18. The molecule has 0 aliphatic carbocycles. The number of benzene rings is 2. The van der Waals surface area contributed by atoms with Gasteiger partial charge < -0.3 is 14.9 Å². The van der Waals surface area contributed by atoms with Gasteiger partial charge in [0.2, 0.25) is 0 Å². The highest BCUT2D eigenvalue weighted by Gasteiger charge is 2.13. The predicted octanol–water partition coefficient (Wildman–Crippen LogP) is 3.77. The first-order valence-electron chi connectivity index (χ1n) is 7.21. The Bertz CT molecular complexity index is 838. The van der Waals surface area contributed by atoms with E-state index >= 15 is 0 Å². The molecule has 2 rings (SSSR count). The smallest absolute Gasteiger partial charge is 0.277 e. The third kappa shape index (κ3) is 4.96. The van der Waals surface area contributed by atoms with Crippen LogP contribution in [0.1, 0.15) is 16.7 Å². The minimum Gasteiger partial charge on any atom is -0.506 e. The Labute approximate surface area is 161 Å². The number of ether oxygens (including phenoxy) is 1. The molecule has 0 aromatic heterocycles. The number of phenolic OH excluding ortho intramolecular Hbond substituents is 2. The number of hydrogen-bond donors (Lipinski definition) is 3. The van der Waals surface area contributed by atoms with Gasteiger partial charge in [-0.1, -0.05) is 17.7 Å². The average molecular weight is 472 g/mol. The Morgan fingerprint density at radius 3 is 2.64 bits per heavy atom. The Kier molecular flexibility index (Phi) is 6.44. The number of hydrazone groups is 1. The van der Waals surface area contributed by atoms with E-state index in [0.717, 1.165) is 11.1 Å². The Hall–Kier alpha value is -2.06. The summed E-state index contributed by atoms with van der Waals surface area (Å²) < 4.78 is 5.96. The van der Waals surface area contributed by atoms with Crippen LogP contribution in [0.3, 0.4) is 0 Å². The molecule has 6 nitrogen and oxygen atoms in total. The fraction of sp³-hybridized carbons (Fsp3) is 0.176. The Morgan fingerprint density at radius 1 is 1.24 bits per heavy atom. The normalized spacial score (nSPS) is 10.9. The van der Waals surface area contributed by atoms with E-state index in [-0.39, 0.29) is 22.6 Å². The summed E-state index contributed by atoms with van der Waals surface area (Å²) >= 11 is 6.22. The van der Waals surface area contributed by atoms with Crippen molar-refractivity contribution in [3.63, 3.8) is 0 Å². The van der Waals surface area contributed by atoms with E-state index in [1.54, 1.807) is 0 Å². The molecule has 0 aliphatic rings. The first-order valence-corrected chi connectivity index (χ1v) is 8.80. The van der Waals surface area contributed by atoms with Crippen LogP contribution in [-0.4, -0.2) is 28.9 Å². The van der Waals surface area contributed by atoms with Crippen molar-refractivity contribution in [1.82, 2.24) is 5.43 Å². The first kappa shape index (κ1) is 19.3. The summed E-state index contributed by atoms with van der Waals surface area (Å²) in [5, 5.41) is 23.4. The molecule has 0 spiro atoms. The Morgan fingerprint density at radius 2 is 1.96 bits per heavy atom. The summed E-state index contributed by atoms with van der Waals surface area (Å²) in [5.74, 6) is -0.118. The highest BCUT2D eigenvalue weighted by Crippen LogP contribution is 2.40. The predicted molar refractivity (Wildman–Crippen MR) is 102 cm³/mol. The summed E-state index contributed by atoms with van der Waals surface area (Å²) in [6, 6.07) is 7.15. The lowest BCUT2D eigenvalue weighted by molar-refractivity contribution is -0.123. The number of halogens is 2. The number of amides is 1. The molecule has 0 unspecified atom stereocenters. The van der Waals surface area contributed by atoms with Crippen LogP contribution >= 0.6 is 31.9 Å². The van der Waals surface area contributed by atoms with Crippen LogP contribution < -0.4 is 10.2 Å². The zero-order valence-corrected chi connectivity index (χ0v) is 16.7. The summed E-state index contributed by atoms with van der Waals surface area (Å²) in [6.07, 6.45) is 1.26. The highest BCUT2D eigenvalue weighted by molar-refractivity contribution is 9.11. The number of carbonyl (C=O) groups is 1. The van der Waals surface area contributed by atoms with Crippen molar-refractivity contribution < 1.29 is 19.7 Å². The molecule has 0 fully saturated rings. The van der Waals surface area contributed by atoms with Crippen LogP contribution in [0.15, 0.2) is 38.3 Å². The van der Waals surface area contributed by atoms with Crippen molar-refractivity contribution in [3.8, 4) is 17.2 Å². The van der Waals surface area contributed by atoms with Gasteiger partial charge in [0.25, 0.3) is 5.91 Å². The lowest BCUT2D eigenvalue weighted by Crippen LogP contribution is -2.24. The number of nitrogens with one attached hydrogen (secondary N) is 1. The van der Waals surface area contributed by atoms with Gasteiger partial charge in [-0.3, -0.25) is 4.79 Å². The van der Waals surface area contributed by atoms with Crippen LogP contribution in [0.5, 0.6) is 17.2 Å². The molecule has 2 aromatic carbocycles. The summed E-state index contributed by atoms with van der Waals surface area (Å²) in [6.45, 7) is 3.70. The SMILES string of the molecule is Cc1ccc(OCC(=O)NN=Cc2cc(Br)c(O)c(Br)c2O)c(C)c1. The number of aryl methyl sites for hydroxylation is 2. The number of phenols is 2. The fourth-order valence-electron chi connectivity index (χ4n) is 2.03. The van der Waals surface area contributed by atoms with E-state index in [0.29, 0.717) is 15.8 Å². The molecule has 1 amide bonds. The molecular weight excluding hydrogens is 456 g/mol. The molecule has 3 N–H and O–H groups in total. The lowest BCUT2D eigenvalue weighted by atomic mass is 10.1. The lowest BCUT2D eigenvalue weighted by Gasteiger charge is -2.09. The summed E-state index contributed by atoms with van der Waals surface area (Å²) in [4.78, 5) is 11.8. The molecule has 0 saturated carbocycles. The van der Waals surface area contributed by atoms with Gasteiger partial charge in [0.05, 0.1) is 10.7 Å². The maximum Gasteiger partial charge on any atom is 0.277 e. The van der Waals surface area contributed by atoms with E-state index in [1.807, 2.05) is 32.0 Å². The van der Waals surface area contributed by atoms with Gasteiger partial charge in [-0.25, -0.2) is 5.43 Å². The standard InChI is InChI=1S/C17H16Br2N2O4/c1-9-3-4-13(10(2)5-9)25-8-14(22)21-20-7-11-6-12(18)17(24)15(19)16(11)23/h3-7,23-24H,8H2,1-2H3,(H,21,22). The van der Waals surface area contributed by atoms with Gasteiger partial charge in [-0.15, -0.1) is 0 Å². The van der Waals surface area contributed by atoms with Crippen LogP contribution in [0.25, 0.3) is 0 Å². The third-order valence-electron chi connectivity index (χ3n) is 3.28. The maximum absolute atomic E-state index is 11.8. The van der Waals surface area contributed by atoms with Gasteiger partial charge in [0.15, 0.2) is 6.61 Å². The maximum atomic E-state index is 11.8. The molecule has 132 valence electrons. The summed E-state index contributed by atoms with van der Waals surface area (Å²) in [7, 11) is 0. The van der Waals surface area contributed by atoms with Gasteiger partial charge in [-0.2, -0.15) is 5.10 Å². The van der Waals surface area contributed by atoms with E-state index in [4.69, 9.17) is 4.74 Å². The molecule has 0 radical (unpaired) electrons. The van der Waals surface area contributed by atoms with E-state index < -0.39 is 5.91 Å². The number of carbonyl (C=O) groups excluding carboxylic acids is 1. The van der Waals surface area contributed by atoms with Crippen molar-refractivity contribution in [1.29, 1.82) is 0 Å². The van der Waals surface area contributed by atoms with Crippen LogP contribution in [0, 0.1) is 13.8 Å². The van der Waals surface area contributed by atoms with Crippen LogP contribution in [-0.2, 0) is 4.79 Å². The number of aromatic hydroxyl groups is 2. The van der Waals surface area contributed by atoms with Crippen molar-refractivity contribution in [2.45, 2.75) is 13.8 Å². The molecule has 2 aromatic rings. The van der Waals surface area contributed by atoms with Gasteiger partial charge in [0.1, 0.15) is 21.7 Å². The van der Waals surface area contributed by atoms with E-state index in [2.05, 4.69) is 42.4 Å². The molecule has 0 heterocycles. The van der Waals surface area contributed by atoms with Crippen molar-refractivity contribution in [2.75, 3.05) is 6.61 Å².